The van der Waals surface area contributed by atoms with Crippen molar-refractivity contribution in [3.63, 3.8) is 0 Å². The van der Waals surface area contributed by atoms with Crippen LogP contribution in [0, 0.1) is 0 Å². The summed E-state index contributed by atoms with van der Waals surface area (Å²) in [6, 6.07) is 19.1. The number of methoxy groups -OCH3 is 1. The maximum absolute atomic E-state index is 13.2. The van der Waals surface area contributed by atoms with E-state index in [-0.39, 0.29) is 17.5 Å². The largest absolute Gasteiger partial charge is 0.481 e. The van der Waals surface area contributed by atoms with Crippen LogP contribution in [0.15, 0.2) is 77.9 Å². The van der Waals surface area contributed by atoms with E-state index in [4.69, 9.17) is 32.9 Å². The van der Waals surface area contributed by atoms with Crippen molar-refractivity contribution in [2.75, 3.05) is 20.2 Å². The molecule has 2 aromatic carbocycles. The highest BCUT2D eigenvalue weighted by atomic mass is 35.5. The summed E-state index contributed by atoms with van der Waals surface area (Å²) in [6.45, 7) is 3.62. The topological polar surface area (TPSA) is 130 Å². The number of carbonyl (C=O) groups is 1. The molecule has 4 N–H and O–H groups in total. The van der Waals surface area contributed by atoms with E-state index in [1.165, 1.54) is 4.40 Å². The number of hydrogen-bond donors (Lipinski definition) is 4. The van der Waals surface area contributed by atoms with Crippen LogP contribution in [0.25, 0.3) is 39.2 Å². The number of ether oxygens (including phenoxy) is 1. The van der Waals surface area contributed by atoms with E-state index in [0.29, 0.717) is 65.4 Å². The summed E-state index contributed by atoms with van der Waals surface area (Å²) < 4.78 is 7.09. The fourth-order valence-electron chi connectivity index (χ4n) is 5.86. The van der Waals surface area contributed by atoms with Crippen molar-refractivity contribution in [3.05, 3.63) is 105 Å². The Morgan fingerprint density at radius 3 is 2.40 bits per heavy atom. The van der Waals surface area contributed by atoms with Gasteiger partial charge in [0, 0.05) is 84.4 Å². The lowest BCUT2D eigenvalue weighted by Crippen LogP contribution is -2.36. The molecule has 2 atom stereocenters. The molecule has 5 aromatic rings. The molecule has 0 saturated carbocycles. The zero-order chi connectivity index (χ0) is 33.8. The third kappa shape index (κ3) is 7.23. The summed E-state index contributed by atoms with van der Waals surface area (Å²) in [5, 5.41) is 19.9. The zero-order valence-electron chi connectivity index (χ0n) is 26.6. The van der Waals surface area contributed by atoms with Crippen LogP contribution in [0.4, 0.5) is 0 Å². The van der Waals surface area contributed by atoms with E-state index < -0.39 is 6.10 Å². The lowest BCUT2D eigenvalue weighted by atomic mass is 9.97. The molecular weight excluding hydrogens is 651 g/mol. The minimum atomic E-state index is -0.460. The number of halogens is 2. The van der Waals surface area contributed by atoms with Crippen molar-refractivity contribution in [1.82, 2.24) is 30.3 Å². The monoisotopic (exact) mass is 686 g/mol. The molecule has 0 bridgehead atoms. The van der Waals surface area contributed by atoms with Crippen molar-refractivity contribution in [2.24, 2.45) is 0 Å². The second kappa shape index (κ2) is 14.8. The first-order chi connectivity index (χ1) is 23.2. The molecule has 12 heteroatoms. The van der Waals surface area contributed by atoms with Gasteiger partial charge in [-0.15, -0.1) is 0 Å². The van der Waals surface area contributed by atoms with Gasteiger partial charge in [-0.2, -0.15) is 0 Å². The van der Waals surface area contributed by atoms with Crippen LogP contribution in [-0.2, 0) is 17.9 Å². The van der Waals surface area contributed by atoms with Crippen molar-refractivity contribution in [2.45, 2.75) is 45.0 Å². The van der Waals surface area contributed by atoms with Crippen LogP contribution in [0.2, 0.25) is 10.0 Å². The van der Waals surface area contributed by atoms with Crippen LogP contribution in [0.3, 0.4) is 0 Å². The highest BCUT2D eigenvalue weighted by molar-refractivity contribution is 6.39. The average molecular weight is 688 g/mol. The Morgan fingerprint density at radius 2 is 1.69 bits per heavy atom. The van der Waals surface area contributed by atoms with Gasteiger partial charge in [-0.1, -0.05) is 65.7 Å². The number of nitrogens with one attached hydrogen (secondary N) is 3. The lowest BCUT2D eigenvalue weighted by Gasteiger charge is -2.15. The molecule has 4 heterocycles. The number of benzene rings is 2. The van der Waals surface area contributed by atoms with Crippen molar-refractivity contribution in [3.8, 4) is 39.4 Å². The normalized spacial score (nSPS) is 15.1. The molecule has 1 aliphatic heterocycles. The molecule has 0 unspecified atom stereocenters. The first-order valence-electron chi connectivity index (χ1n) is 15.7. The molecule has 3 aromatic heterocycles. The fraction of sp³-hybridized carbons (Fsp3) is 0.278. The SMILES string of the molecule is COc1nc(-c2cccc(-c3cccc(-c4ccn5c(=O)c(CNC[C@H]6CCC(=O)N6)cnc5c4)c3Cl)c2Cl)ccc1CNC[C@@H](C)O. The second-order valence-electron chi connectivity index (χ2n) is 11.8. The summed E-state index contributed by atoms with van der Waals surface area (Å²) in [4.78, 5) is 34.0. The summed E-state index contributed by atoms with van der Waals surface area (Å²) in [5.41, 5.74) is 6.17. The molecule has 0 spiro atoms. The van der Waals surface area contributed by atoms with Crippen LogP contribution in [0.1, 0.15) is 30.9 Å². The third-order valence-electron chi connectivity index (χ3n) is 8.33. The number of aliphatic hydroxyl groups excluding tert-OH is 1. The molecule has 248 valence electrons. The predicted molar refractivity (Wildman–Crippen MR) is 188 cm³/mol. The summed E-state index contributed by atoms with van der Waals surface area (Å²) >= 11 is 14.1. The van der Waals surface area contributed by atoms with Crippen LogP contribution in [0.5, 0.6) is 5.88 Å². The molecule has 10 nitrogen and oxygen atoms in total. The fourth-order valence-corrected chi connectivity index (χ4v) is 6.52. The number of amides is 1. The molecule has 48 heavy (non-hydrogen) atoms. The van der Waals surface area contributed by atoms with Gasteiger partial charge in [0.1, 0.15) is 5.65 Å². The minimum Gasteiger partial charge on any atom is -0.481 e. The highest BCUT2D eigenvalue weighted by Crippen LogP contribution is 2.42. The highest BCUT2D eigenvalue weighted by Gasteiger charge is 2.21. The number of aliphatic hydroxyl groups is 1. The Labute approximate surface area is 288 Å². The van der Waals surface area contributed by atoms with Gasteiger partial charge in [-0.05, 0) is 37.1 Å². The van der Waals surface area contributed by atoms with Gasteiger partial charge in [-0.3, -0.25) is 14.0 Å². The van der Waals surface area contributed by atoms with E-state index in [1.807, 2.05) is 60.7 Å². The van der Waals surface area contributed by atoms with Crippen molar-refractivity contribution < 1.29 is 14.6 Å². The van der Waals surface area contributed by atoms with Crippen LogP contribution < -0.4 is 26.2 Å². The molecule has 0 radical (unpaired) electrons. The Hall–Kier alpha value is -4.32. The van der Waals surface area contributed by atoms with Gasteiger partial charge in [0.05, 0.1) is 29.0 Å². The Morgan fingerprint density at radius 1 is 0.979 bits per heavy atom. The first kappa shape index (κ1) is 33.6. The quantitative estimate of drug-likeness (QED) is 0.140. The van der Waals surface area contributed by atoms with Gasteiger partial charge in [-0.25, -0.2) is 9.97 Å². The van der Waals surface area contributed by atoms with Crippen LogP contribution >= 0.6 is 23.2 Å². The third-order valence-corrected chi connectivity index (χ3v) is 9.15. The smallest absolute Gasteiger partial charge is 0.262 e. The van der Waals surface area contributed by atoms with Gasteiger partial charge < -0.3 is 25.8 Å². The van der Waals surface area contributed by atoms with Crippen molar-refractivity contribution in [1.29, 1.82) is 0 Å². The number of rotatable bonds is 12. The van der Waals surface area contributed by atoms with Gasteiger partial charge in [0.15, 0.2) is 0 Å². The number of pyridine rings is 2. The maximum Gasteiger partial charge on any atom is 0.262 e. The number of hydrogen-bond acceptors (Lipinski definition) is 8. The van der Waals surface area contributed by atoms with E-state index in [0.717, 1.165) is 39.8 Å². The number of aromatic nitrogens is 3. The molecule has 1 amide bonds. The minimum absolute atomic E-state index is 0.0614. The van der Waals surface area contributed by atoms with E-state index in [9.17, 15) is 14.7 Å². The lowest BCUT2D eigenvalue weighted by molar-refractivity contribution is -0.119. The van der Waals surface area contributed by atoms with Crippen LogP contribution in [-0.4, -0.2) is 57.7 Å². The molecule has 6 rings (SSSR count). The second-order valence-corrected chi connectivity index (χ2v) is 12.6. The van der Waals surface area contributed by atoms with E-state index in [2.05, 4.69) is 20.9 Å². The predicted octanol–water partition coefficient (Wildman–Crippen LogP) is 5.24. The van der Waals surface area contributed by atoms with Gasteiger partial charge >= 0.3 is 0 Å². The summed E-state index contributed by atoms with van der Waals surface area (Å²) in [7, 11) is 1.57. The molecule has 1 aliphatic rings. The van der Waals surface area contributed by atoms with Crippen molar-refractivity contribution >= 4 is 34.8 Å². The number of carbonyl (C=O) groups excluding carboxylic acids is 1. The van der Waals surface area contributed by atoms with E-state index >= 15 is 0 Å². The Bertz CT molecular complexity index is 2030. The Balaban J connectivity index is 1.25. The molecule has 1 fully saturated rings. The zero-order valence-corrected chi connectivity index (χ0v) is 28.1. The summed E-state index contributed by atoms with van der Waals surface area (Å²) in [5.74, 6) is 0.532. The molecule has 1 saturated heterocycles. The van der Waals surface area contributed by atoms with Gasteiger partial charge in [0.2, 0.25) is 11.8 Å². The van der Waals surface area contributed by atoms with Gasteiger partial charge in [0.25, 0.3) is 5.56 Å². The maximum atomic E-state index is 13.2. The molecular formula is C36H36Cl2N6O4. The molecule has 0 aliphatic carbocycles. The summed E-state index contributed by atoms with van der Waals surface area (Å²) in [6.07, 6.45) is 4.16. The number of nitrogens with zero attached hydrogens (tertiary/aromatic N) is 3. The average Bonchev–Trinajstić information content (AvgIpc) is 3.50. The number of fused-ring (bicyclic) bond motifs is 1. The Kier molecular flexibility index (Phi) is 10.4. The standard InChI is InChI=1S/C36H36Cl2N6O4/c1-21(45)16-39-17-23-9-11-30(43-35(23)48-2)29-8-4-7-28(34(29)38)27-6-3-5-26(33(27)37)22-13-14-44-31(15-22)41-19-24(36(44)47)18-40-20-25-10-12-32(46)42-25/h3-9,11,13-15,19,21,25,39-40,45H,10,12,16-18,20H2,1-2H3,(H,42,46)/t21-,25-/m1/s1. The van der Waals surface area contributed by atoms with E-state index in [1.54, 1.807) is 26.4 Å². The first-order valence-corrected chi connectivity index (χ1v) is 16.5.